The Labute approximate surface area is 236 Å². The number of ether oxygens (including phenoxy) is 1. The molecule has 1 aromatic carbocycles. The van der Waals surface area contributed by atoms with Gasteiger partial charge in [0, 0.05) is 48.1 Å². The summed E-state index contributed by atoms with van der Waals surface area (Å²) in [6.07, 6.45) is 6.23. The average Bonchev–Trinajstić information content (AvgIpc) is 3.22. The molecule has 3 aromatic rings. The van der Waals surface area contributed by atoms with E-state index in [9.17, 15) is 19.5 Å². The second-order valence-electron chi connectivity index (χ2n) is 11.1. The summed E-state index contributed by atoms with van der Waals surface area (Å²) in [5, 5.41) is 14.5. The number of nitrogens with zero attached hydrogens (tertiary/aromatic N) is 1. The van der Waals surface area contributed by atoms with Gasteiger partial charge in [-0.25, -0.2) is 9.59 Å². The smallest absolute Gasteiger partial charge is 0.407 e. The van der Waals surface area contributed by atoms with Gasteiger partial charge in [0.15, 0.2) is 5.78 Å². The number of carbonyl (C=O) groups excluding carboxylic acids is 2. The Morgan fingerprint density at radius 1 is 1.07 bits per heavy atom. The summed E-state index contributed by atoms with van der Waals surface area (Å²) in [5.74, 6) is -0.952. The highest BCUT2D eigenvalue weighted by Gasteiger charge is 2.28. The van der Waals surface area contributed by atoms with E-state index in [2.05, 4.69) is 45.8 Å². The molecule has 2 N–H and O–H groups in total. The Bertz CT molecular complexity index is 1370. The molecule has 8 heteroatoms. The predicted octanol–water partition coefficient (Wildman–Crippen LogP) is 6.33. The first kappa shape index (κ1) is 31.0. The molecule has 0 spiro atoms. The second kappa shape index (κ2) is 14.2. The number of aromatic nitrogens is 1. The predicted molar refractivity (Wildman–Crippen MR) is 157 cm³/mol. The van der Waals surface area contributed by atoms with Gasteiger partial charge in [-0.2, -0.15) is 0 Å². The molecule has 0 aliphatic heterocycles. The van der Waals surface area contributed by atoms with Gasteiger partial charge in [0.05, 0.1) is 7.11 Å². The van der Waals surface area contributed by atoms with Gasteiger partial charge < -0.3 is 24.1 Å². The maximum atomic E-state index is 13.3. The highest BCUT2D eigenvalue weighted by atomic mass is 16.5. The largest absolute Gasteiger partial charge is 0.507 e. The summed E-state index contributed by atoms with van der Waals surface area (Å²) in [4.78, 5) is 37.3. The van der Waals surface area contributed by atoms with Crippen LogP contribution in [0.25, 0.3) is 10.9 Å². The van der Waals surface area contributed by atoms with Gasteiger partial charge in [-0.3, -0.25) is 4.79 Å². The number of benzene rings is 1. The number of hydrogen-bond acceptors (Lipinski definition) is 6. The normalized spacial score (nSPS) is 13.7. The van der Waals surface area contributed by atoms with Crippen molar-refractivity contribution in [2.75, 3.05) is 7.11 Å². The van der Waals surface area contributed by atoms with Crippen LogP contribution in [-0.2, 0) is 31.0 Å². The molecule has 0 saturated heterocycles. The molecule has 0 bridgehead atoms. The zero-order valence-corrected chi connectivity index (χ0v) is 24.7. The highest BCUT2D eigenvalue weighted by Crippen LogP contribution is 2.28. The second-order valence-corrected chi connectivity index (χ2v) is 11.1. The number of ketones is 1. The van der Waals surface area contributed by atoms with Crippen LogP contribution in [0.4, 0.5) is 4.79 Å². The monoisotopic (exact) mass is 552 g/mol. The van der Waals surface area contributed by atoms with Crippen LogP contribution in [0.15, 0.2) is 39.5 Å². The number of Topliss-reactive ketones (excluding diaryl/α,β-unsaturated/α-hetero) is 1. The number of methoxy groups -OCH3 is 1. The van der Waals surface area contributed by atoms with Crippen LogP contribution in [0, 0.1) is 11.8 Å². The maximum absolute atomic E-state index is 13.3. The van der Waals surface area contributed by atoms with Gasteiger partial charge >= 0.3 is 11.7 Å². The van der Waals surface area contributed by atoms with Crippen molar-refractivity contribution in [1.82, 2.24) is 9.88 Å². The molecule has 3 rings (SSSR count). The zero-order chi connectivity index (χ0) is 29.4. The topological polar surface area (TPSA) is 111 Å². The highest BCUT2D eigenvalue weighted by molar-refractivity contribution is 5.99. The van der Waals surface area contributed by atoms with E-state index in [-0.39, 0.29) is 23.3 Å². The van der Waals surface area contributed by atoms with Gasteiger partial charge in [-0.15, -0.1) is 0 Å². The van der Waals surface area contributed by atoms with E-state index in [1.165, 1.54) is 30.5 Å². The van der Waals surface area contributed by atoms with Gasteiger partial charge in [-0.1, -0.05) is 39.7 Å². The minimum atomic E-state index is -0.802. The van der Waals surface area contributed by atoms with Crippen molar-refractivity contribution in [3.8, 4) is 5.75 Å². The third-order valence-electron chi connectivity index (χ3n) is 7.91. The summed E-state index contributed by atoms with van der Waals surface area (Å²) in [7, 11) is 3.36. The zero-order valence-electron chi connectivity index (χ0n) is 24.7. The number of carbonyl (C=O) groups is 2. The minimum Gasteiger partial charge on any atom is -0.507 e. The Hall–Kier alpha value is -3.55. The molecule has 0 saturated carbocycles. The maximum Gasteiger partial charge on any atom is 0.407 e. The molecule has 0 aliphatic rings. The molecule has 0 fully saturated rings. The molecule has 218 valence electrons. The summed E-state index contributed by atoms with van der Waals surface area (Å²) < 4.78 is 12.2. The van der Waals surface area contributed by atoms with Crippen molar-refractivity contribution in [3.05, 3.63) is 63.3 Å². The van der Waals surface area contributed by atoms with E-state index in [1.54, 1.807) is 6.92 Å². The lowest BCUT2D eigenvalue weighted by atomic mass is 9.85. The fourth-order valence-electron chi connectivity index (χ4n) is 5.14. The Morgan fingerprint density at radius 3 is 2.50 bits per heavy atom. The summed E-state index contributed by atoms with van der Waals surface area (Å²) in [6, 6.07) is 10.1. The Kier molecular flexibility index (Phi) is 11.0. The molecule has 8 nitrogen and oxygen atoms in total. The number of hydrogen-bond donors (Lipinski definition) is 2. The minimum absolute atomic E-state index is 0.0476. The van der Waals surface area contributed by atoms with Crippen LogP contribution < -0.4 is 10.9 Å². The van der Waals surface area contributed by atoms with E-state index in [1.807, 2.05) is 20.9 Å². The third-order valence-corrected chi connectivity index (χ3v) is 7.91. The van der Waals surface area contributed by atoms with Crippen LogP contribution in [0.3, 0.4) is 0 Å². The Morgan fingerprint density at radius 2 is 1.82 bits per heavy atom. The van der Waals surface area contributed by atoms with Crippen LogP contribution in [-0.4, -0.2) is 34.7 Å². The molecule has 1 amide bonds. The van der Waals surface area contributed by atoms with Crippen LogP contribution in [0.5, 0.6) is 5.75 Å². The molecule has 3 atom stereocenters. The molecule has 2 heterocycles. The lowest BCUT2D eigenvalue weighted by molar-refractivity contribution is 0.0884. The summed E-state index contributed by atoms with van der Waals surface area (Å²) >= 11 is 0. The molecule has 40 heavy (non-hydrogen) atoms. The van der Waals surface area contributed by atoms with E-state index >= 15 is 0 Å². The lowest BCUT2D eigenvalue weighted by Gasteiger charge is -2.19. The van der Waals surface area contributed by atoms with E-state index in [0.29, 0.717) is 25.0 Å². The van der Waals surface area contributed by atoms with E-state index in [0.717, 1.165) is 36.9 Å². The van der Waals surface area contributed by atoms with Crippen molar-refractivity contribution in [1.29, 1.82) is 0 Å². The number of amides is 1. The van der Waals surface area contributed by atoms with Crippen molar-refractivity contribution in [2.45, 2.75) is 85.1 Å². The van der Waals surface area contributed by atoms with Crippen molar-refractivity contribution in [3.63, 3.8) is 0 Å². The molecular formula is C32H44N2O6. The molecule has 0 radical (unpaired) electrons. The fourth-order valence-corrected chi connectivity index (χ4v) is 5.14. The average molecular weight is 553 g/mol. The third kappa shape index (κ3) is 7.77. The van der Waals surface area contributed by atoms with Gasteiger partial charge in [-0.05, 0) is 68.7 Å². The first-order valence-corrected chi connectivity index (χ1v) is 14.4. The first-order chi connectivity index (χ1) is 19.0. The SMILES string of the molecule is CCCCc1ccc2c(c1)cc(CC(C)C(C)C(=O)c1c(O)cc(CCCCC(C)NC(=O)OC)oc1=O)n2C. The van der Waals surface area contributed by atoms with Gasteiger partial charge in [0.1, 0.15) is 17.1 Å². The quantitative estimate of drug-likeness (QED) is 0.178. The van der Waals surface area contributed by atoms with Crippen molar-refractivity contribution in [2.24, 2.45) is 18.9 Å². The molecule has 3 unspecified atom stereocenters. The summed E-state index contributed by atoms with van der Waals surface area (Å²) in [6.45, 7) is 7.87. The number of nitrogens with one attached hydrogen (secondary N) is 1. The Balaban J connectivity index is 1.63. The first-order valence-electron chi connectivity index (χ1n) is 14.4. The van der Waals surface area contributed by atoms with Gasteiger partial charge in [0.2, 0.25) is 0 Å². The molecular weight excluding hydrogens is 508 g/mol. The number of alkyl carbamates (subject to hydrolysis) is 1. The lowest BCUT2D eigenvalue weighted by Crippen LogP contribution is -2.32. The number of aromatic hydroxyl groups is 1. The molecule has 0 aliphatic carbocycles. The van der Waals surface area contributed by atoms with E-state index < -0.39 is 23.4 Å². The van der Waals surface area contributed by atoms with Crippen LogP contribution in [0.2, 0.25) is 0 Å². The van der Waals surface area contributed by atoms with Crippen molar-refractivity contribution < 1.29 is 23.8 Å². The number of fused-ring (bicyclic) bond motifs is 1. The fraction of sp³-hybridized carbons (Fsp3) is 0.531. The van der Waals surface area contributed by atoms with E-state index in [4.69, 9.17) is 4.42 Å². The van der Waals surface area contributed by atoms with Gasteiger partial charge in [0.25, 0.3) is 0 Å². The molecule has 2 aromatic heterocycles. The standard InChI is InChI=1S/C32H44N2O6/c1-7-8-12-23-14-15-27-24(17-23)18-25(34(27)5)16-20(2)22(4)30(36)29-28(35)19-26(40-31(29)37)13-10-9-11-21(3)33-32(38)39-6/h14-15,17-22,35H,7-13,16H2,1-6H3,(H,33,38). The number of rotatable bonds is 14. The summed E-state index contributed by atoms with van der Waals surface area (Å²) in [5.41, 5.74) is 2.53. The van der Waals surface area contributed by atoms with Crippen LogP contribution >= 0.6 is 0 Å². The van der Waals surface area contributed by atoms with Crippen LogP contribution in [0.1, 0.15) is 87.2 Å². The number of unbranched alkanes of at least 4 members (excludes halogenated alkanes) is 2. The van der Waals surface area contributed by atoms with Crippen molar-refractivity contribution >= 4 is 22.8 Å². The number of aryl methyl sites for hydroxylation is 3.